The zero-order chi connectivity index (χ0) is 11.6. The molecule has 5 nitrogen and oxygen atoms in total. The number of carboxylic acids is 1. The average Bonchev–Trinajstić information content (AvgIpc) is 2.19. The van der Waals surface area contributed by atoms with E-state index in [2.05, 4.69) is 15.9 Å². The smallest absolute Gasteiger partial charge is 0.323 e. The molecule has 6 heteroatoms. The van der Waals surface area contributed by atoms with Gasteiger partial charge in [-0.25, -0.2) is 0 Å². The molecule has 0 aliphatic heterocycles. The molecule has 0 spiro atoms. The van der Waals surface area contributed by atoms with E-state index in [9.17, 15) is 15.0 Å². The molecule has 2 unspecified atom stereocenters. The predicted octanol–water partition coefficient (Wildman–Crippen LogP) is 0.600. The quantitative estimate of drug-likeness (QED) is 0.647. The number of phenolic OH excluding ortho intramolecular Hbond substituents is 1. The van der Waals surface area contributed by atoms with Crippen LogP contribution >= 0.6 is 15.9 Å². The van der Waals surface area contributed by atoms with Gasteiger partial charge in [0.2, 0.25) is 0 Å². The van der Waals surface area contributed by atoms with Gasteiger partial charge in [-0.1, -0.05) is 6.07 Å². The Bertz CT molecular complexity index is 382. The largest absolute Gasteiger partial charge is 0.507 e. The van der Waals surface area contributed by atoms with Crippen molar-refractivity contribution in [2.75, 3.05) is 0 Å². The van der Waals surface area contributed by atoms with Gasteiger partial charge in [0.1, 0.15) is 17.9 Å². The van der Waals surface area contributed by atoms with Crippen molar-refractivity contribution in [3.8, 4) is 5.75 Å². The first kappa shape index (κ1) is 12.0. The van der Waals surface area contributed by atoms with Crippen LogP contribution in [0.3, 0.4) is 0 Å². The molecule has 0 aromatic heterocycles. The number of benzene rings is 1. The molecule has 0 aliphatic rings. The summed E-state index contributed by atoms with van der Waals surface area (Å²) in [6, 6.07) is 2.79. The standard InChI is InChI=1S/C9H10BrNO4/c10-5-3-4(1-2-6(5)12)8(13)7(11)9(14)15/h1-3,7-8,12-13H,11H2,(H,14,15). The lowest BCUT2D eigenvalue weighted by Crippen LogP contribution is -2.36. The average molecular weight is 276 g/mol. The van der Waals surface area contributed by atoms with Crippen molar-refractivity contribution >= 4 is 21.9 Å². The molecule has 0 amide bonds. The number of aliphatic carboxylic acids is 1. The minimum Gasteiger partial charge on any atom is -0.507 e. The summed E-state index contributed by atoms with van der Waals surface area (Å²) in [5.74, 6) is -1.28. The molecule has 82 valence electrons. The number of rotatable bonds is 3. The van der Waals surface area contributed by atoms with Crippen molar-refractivity contribution in [3.63, 3.8) is 0 Å². The predicted molar refractivity (Wildman–Crippen MR) is 56.4 cm³/mol. The molecule has 15 heavy (non-hydrogen) atoms. The zero-order valence-electron chi connectivity index (χ0n) is 7.59. The van der Waals surface area contributed by atoms with Crippen LogP contribution in [0.5, 0.6) is 5.75 Å². The summed E-state index contributed by atoms with van der Waals surface area (Å²) in [4.78, 5) is 10.5. The lowest BCUT2D eigenvalue weighted by Gasteiger charge is -2.15. The Morgan fingerprint density at radius 2 is 2.07 bits per heavy atom. The number of hydrogen-bond donors (Lipinski definition) is 4. The van der Waals surface area contributed by atoms with Gasteiger partial charge in [-0.3, -0.25) is 4.79 Å². The molecule has 0 aliphatic carbocycles. The van der Waals surface area contributed by atoms with Crippen molar-refractivity contribution in [3.05, 3.63) is 28.2 Å². The highest BCUT2D eigenvalue weighted by Crippen LogP contribution is 2.27. The minimum atomic E-state index is -1.39. The van der Waals surface area contributed by atoms with Gasteiger partial charge in [0.25, 0.3) is 0 Å². The van der Waals surface area contributed by atoms with Crippen LogP contribution in [0.4, 0.5) is 0 Å². The molecular formula is C9H10BrNO4. The van der Waals surface area contributed by atoms with Crippen LogP contribution in [0.2, 0.25) is 0 Å². The molecule has 0 heterocycles. The molecule has 0 fully saturated rings. The lowest BCUT2D eigenvalue weighted by molar-refractivity contribution is -0.141. The van der Waals surface area contributed by atoms with Crippen LogP contribution in [-0.2, 0) is 4.79 Å². The molecule has 0 saturated carbocycles. The Kier molecular flexibility index (Phi) is 3.67. The van der Waals surface area contributed by atoms with Crippen LogP contribution in [0.1, 0.15) is 11.7 Å². The highest BCUT2D eigenvalue weighted by atomic mass is 79.9. The van der Waals surface area contributed by atoms with Crippen LogP contribution < -0.4 is 5.73 Å². The lowest BCUT2D eigenvalue weighted by atomic mass is 10.0. The number of aliphatic hydroxyl groups is 1. The topological polar surface area (TPSA) is 104 Å². The van der Waals surface area contributed by atoms with Crippen molar-refractivity contribution in [2.45, 2.75) is 12.1 Å². The first-order valence-corrected chi connectivity index (χ1v) is 4.87. The van der Waals surface area contributed by atoms with Gasteiger partial charge in [0, 0.05) is 0 Å². The van der Waals surface area contributed by atoms with Crippen LogP contribution in [0, 0.1) is 0 Å². The molecule has 1 aromatic carbocycles. The van der Waals surface area contributed by atoms with E-state index in [4.69, 9.17) is 10.8 Å². The van der Waals surface area contributed by atoms with E-state index >= 15 is 0 Å². The van der Waals surface area contributed by atoms with Crippen molar-refractivity contribution < 1.29 is 20.1 Å². The molecule has 0 bridgehead atoms. The summed E-state index contributed by atoms with van der Waals surface area (Å²) in [7, 11) is 0. The maximum atomic E-state index is 10.5. The third-order valence-electron chi connectivity index (χ3n) is 1.94. The van der Waals surface area contributed by atoms with Crippen LogP contribution in [0.25, 0.3) is 0 Å². The number of carboxylic acid groups (broad SMARTS) is 1. The van der Waals surface area contributed by atoms with E-state index < -0.39 is 18.1 Å². The van der Waals surface area contributed by atoms with Gasteiger partial charge < -0.3 is 21.1 Å². The van der Waals surface area contributed by atoms with Gasteiger partial charge in [-0.2, -0.15) is 0 Å². The van der Waals surface area contributed by atoms with Gasteiger partial charge in [-0.05, 0) is 33.6 Å². The summed E-state index contributed by atoms with van der Waals surface area (Å²) >= 11 is 3.05. The van der Waals surface area contributed by atoms with Gasteiger partial charge in [-0.15, -0.1) is 0 Å². The third kappa shape index (κ3) is 2.68. The molecule has 2 atom stereocenters. The number of hydrogen-bond acceptors (Lipinski definition) is 4. The number of aromatic hydroxyl groups is 1. The van der Waals surface area contributed by atoms with E-state index in [0.717, 1.165) is 0 Å². The number of phenols is 1. The van der Waals surface area contributed by atoms with Crippen LogP contribution in [0.15, 0.2) is 22.7 Å². The zero-order valence-corrected chi connectivity index (χ0v) is 9.18. The SMILES string of the molecule is NC(C(=O)O)C(O)c1ccc(O)c(Br)c1. The van der Waals surface area contributed by atoms with E-state index in [1.54, 1.807) is 0 Å². The van der Waals surface area contributed by atoms with Gasteiger partial charge >= 0.3 is 5.97 Å². The summed E-state index contributed by atoms with van der Waals surface area (Å²) < 4.78 is 0.372. The minimum absolute atomic E-state index is 0.00912. The molecular weight excluding hydrogens is 266 g/mol. The molecule has 1 rings (SSSR count). The maximum Gasteiger partial charge on any atom is 0.323 e. The van der Waals surface area contributed by atoms with Gasteiger partial charge in [0.05, 0.1) is 4.47 Å². The first-order valence-electron chi connectivity index (χ1n) is 4.08. The van der Waals surface area contributed by atoms with Gasteiger partial charge in [0.15, 0.2) is 0 Å². The highest BCUT2D eigenvalue weighted by molar-refractivity contribution is 9.10. The Labute approximate surface area is 94.3 Å². The second-order valence-electron chi connectivity index (χ2n) is 3.02. The Morgan fingerprint density at radius 3 is 2.53 bits per heavy atom. The molecule has 5 N–H and O–H groups in total. The normalized spacial score (nSPS) is 14.6. The molecule has 0 radical (unpaired) electrons. The Morgan fingerprint density at radius 1 is 1.47 bits per heavy atom. The third-order valence-corrected chi connectivity index (χ3v) is 2.57. The number of nitrogens with two attached hydrogens (primary N) is 1. The summed E-state index contributed by atoms with van der Waals surface area (Å²) in [6.07, 6.45) is -1.31. The second kappa shape index (κ2) is 4.61. The molecule has 1 aromatic rings. The summed E-state index contributed by atoms with van der Waals surface area (Å²) in [5.41, 5.74) is 5.58. The maximum absolute atomic E-state index is 10.5. The van der Waals surface area contributed by atoms with Crippen molar-refractivity contribution in [2.24, 2.45) is 5.73 Å². The fourth-order valence-electron chi connectivity index (χ4n) is 1.05. The van der Waals surface area contributed by atoms with Crippen molar-refractivity contribution in [1.29, 1.82) is 0 Å². The van der Waals surface area contributed by atoms with E-state index in [1.165, 1.54) is 18.2 Å². The number of carbonyl (C=O) groups is 1. The van der Waals surface area contributed by atoms with E-state index in [0.29, 0.717) is 10.0 Å². The summed E-state index contributed by atoms with van der Waals surface area (Å²) in [5, 5.41) is 27.4. The summed E-state index contributed by atoms with van der Waals surface area (Å²) in [6.45, 7) is 0. The van der Waals surface area contributed by atoms with Crippen LogP contribution in [-0.4, -0.2) is 27.3 Å². The molecule has 0 saturated heterocycles. The van der Waals surface area contributed by atoms with Crippen molar-refractivity contribution in [1.82, 2.24) is 0 Å². The first-order chi connectivity index (χ1) is 6.93. The highest BCUT2D eigenvalue weighted by Gasteiger charge is 2.23. The monoisotopic (exact) mass is 275 g/mol. The van der Waals surface area contributed by atoms with E-state index in [1.807, 2.05) is 0 Å². The fraction of sp³-hybridized carbons (Fsp3) is 0.222. The number of aliphatic hydroxyl groups excluding tert-OH is 1. The fourth-order valence-corrected chi connectivity index (χ4v) is 1.45. The second-order valence-corrected chi connectivity index (χ2v) is 3.87. The Balaban J connectivity index is 2.96. The number of halogens is 1. The van der Waals surface area contributed by atoms with E-state index in [-0.39, 0.29) is 5.75 Å². The Hall–Kier alpha value is -1.11.